The standard InChI is InChI=1S/C18H19NO2/c1-3-12-19(13-4-2)18(20)14-21-17-11-7-9-15-8-5-6-10-16(15)17/h3-11H,1-2,12-14H2. The van der Waals surface area contributed by atoms with Crippen molar-refractivity contribution in [3.63, 3.8) is 0 Å². The molecule has 3 nitrogen and oxygen atoms in total. The van der Waals surface area contributed by atoms with E-state index in [1.807, 2.05) is 42.5 Å². The lowest BCUT2D eigenvalue weighted by Crippen LogP contribution is -2.35. The van der Waals surface area contributed by atoms with E-state index in [-0.39, 0.29) is 12.5 Å². The van der Waals surface area contributed by atoms with E-state index in [1.54, 1.807) is 17.1 Å². The summed E-state index contributed by atoms with van der Waals surface area (Å²) < 4.78 is 5.69. The molecule has 0 bridgehead atoms. The van der Waals surface area contributed by atoms with Crippen LogP contribution in [0.3, 0.4) is 0 Å². The maximum Gasteiger partial charge on any atom is 0.261 e. The molecule has 0 radical (unpaired) electrons. The van der Waals surface area contributed by atoms with E-state index in [1.165, 1.54) is 0 Å². The third-order valence-electron chi connectivity index (χ3n) is 3.15. The molecule has 0 saturated heterocycles. The molecule has 0 heterocycles. The number of nitrogens with zero attached hydrogens (tertiary/aromatic N) is 1. The summed E-state index contributed by atoms with van der Waals surface area (Å²) in [5.41, 5.74) is 0. The van der Waals surface area contributed by atoms with Crippen molar-refractivity contribution < 1.29 is 9.53 Å². The van der Waals surface area contributed by atoms with Gasteiger partial charge in [0.25, 0.3) is 5.91 Å². The van der Waals surface area contributed by atoms with Gasteiger partial charge in [0.15, 0.2) is 6.61 Å². The smallest absolute Gasteiger partial charge is 0.261 e. The molecule has 1 amide bonds. The summed E-state index contributed by atoms with van der Waals surface area (Å²) in [6.07, 6.45) is 3.39. The van der Waals surface area contributed by atoms with Crippen molar-refractivity contribution in [3.8, 4) is 5.75 Å². The van der Waals surface area contributed by atoms with Gasteiger partial charge in [-0.25, -0.2) is 0 Å². The molecule has 0 saturated carbocycles. The van der Waals surface area contributed by atoms with Crippen LogP contribution >= 0.6 is 0 Å². The molecule has 2 aromatic rings. The number of carbonyl (C=O) groups excluding carboxylic acids is 1. The molecule has 3 heteroatoms. The molecule has 0 aliphatic rings. The first-order valence-corrected chi connectivity index (χ1v) is 6.86. The first kappa shape index (κ1) is 14.9. The summed E-state index contributed by atoms with van der Waals surface area (Å²) >= 11 is 0. The van der Waals surface area contributed by atoms with Crippen LogP contribution < -0.4 is 4.74 Å². The monoisotopic (exact) mass is 281 g/mol. The summed E-state index contributed by atoms with van der Waals surface area (Å²) in [5, 5.41) is 2.10. The van der Waals surface area contributed by atoms with Crippen LogP contribution in [0.1, 0.15) is 0 Å². The topological polar surface area (TPSA) is 29.5 Å². The molecule has 108 valence electrons. The van der Waals surface area contributed by atoms with Crippen molar-refractivity contribution >= 4 is 16.7 Å². The highest BCUT2D eigenvalue weighted by atomic mass is 16.5. The SMILES string of the molecule is C=CCN(CC=C)C(=O)COc1cccc2ccccc12. The fourth-order valence-electron chi connectivity index (χ4n) is 2.14. The zero-order chi connectivity index (χ0) is 15.1. The minimum absolute atomic E-state index is 0.00961. The number of hydrogen-bond acceptors (Lipinski definition) is 2. The molecule has 0 spiro atoms. The van der Waals surface area contributed by atoms with Gasteiger partial charge in [0.1, 0.15) is 5.75 Å². The predicted molar refractivity (Wildman–Crippen MR) is 86.4 cm³/mol. The Labute approximate surface area is 125 Å². The molecule has 21 heavy (non-hydrogen) atoms. The fraction of sp³-hybridized carbons (Fsp3) is 0.167. The Bertz CT molecular complexity index is 633. The zero-order valence-electron chi connectivity index (χ0n) is 12.0. The second-order valence-electron chi connectivity index (χ2n) is 4.64. The van der Waals surface area contributed by atoms with Gasteiger partial charge < -0.3 is 9.64 Å². The highest BCUT2D eigenvalue weighted by Gasteiger charge is 2.12. The lowest BCUT2D eigenvalue weighted by atomic mass is 10.1. The van der Waals surface area contributed by atoms with E-state index in [0.29, 0.717) is 13.1 Å². The molecule has 0 fully saturated rings. The van der Waals surface area contributed by atoms with E-state index >= 15 is 0 Å². The highest BCUT2D eigenvalue weighted by Crippen LogP contribution is 2.25. The van der Waals surface area contributed by atoms with Crippen molar-refractivity contribution in [2.75, 3.05) is 19.7 Å². The van der Waals surface area contributed by atoms with Crippen LogP contribution in [0.5, 0.6) is 5.75 Å². The van der Waals surface area contributed by atoms with Crippen LogP contribution in [0.15, 0.2) is 67.8 Å². The average Bonchev–Trinajstić information content (AvgIpc) is 2.52. The minimum Gasteiger partial charge on any atom is -0.483 e. The number of rotatable bonds is 7. The van der Waals surface area contributed by atoms with Gasteiger partial charge in [-0.2, -0.15) is 0 Å². The second kappa shape index (κ2) is 7.29. The van der Waals surface area contributed by atoms with Crippen molar-refractivity contribution in [3.05, 3.63) is 67.8 Å². The molecule has 2 rings (SSSR count). The van der Waals surface area contributed by atoms with Crippen LogP contribution in [0.2, 0.25) is 0 Å². The fourth-order valence-corrected chi connectivity index (χ4v) is 2.14. The summed E-state index contributed by atoms with van der Waals surface area (Å²) in [4.78, 5) is 13.8. The molecule has 2 aromatic carbocycles. The molecular weight excluding hydrogens is 262 g/mol. The van der Waals surface area contributed by atoms with Gasteiger partial charge in [0.05, 0.1) is 0 Å². The third-order valence-corrected chi connectivity index (χ3v) is 3.15. The van der Waals surface area contributed by atoms with Crippen molar-refractivity contribution in [1.82, 2.24) is 4.90 Å². The lowest BCUT2D eigenvalue weighted by molar-refractivity contribution is -0.132. The van der Waals surface area contributed by atoms with Crippen LogP contribution in [0.25, 0.3) is 10.8 Å². The van der Waals surface area contributed by atoms with E-state index in [9.17, 15) is 4.79 Å². The van der Waals surface area contributed by atoms with Gasteiger partial charge in [-0.3, -0.25) is 4.79 Å². The van der Waals surface area contributed by atoms with Gasteiger partial charge >= 0.3 is 0 Å². The molecule has 0 aliphatic heterocycles. The Kier molecular flexibility index (Phi) is 5.16. The molecular formula is C18H19NO2. The average molecular weight is 281 g/mol. The summed E-state index contributed by atoms with van der Waals surface area (Å²) in [5.74, 6) is 0.640. The summed E-state index contributed by atoms with van der Waals surface area (Å²) in [7, 11) is 0. The Morgan fingerprint density at radius 2 is 1.71 bits per heavy atom. The molecule has 0 aliphatic carbocycles. The zero-order valence-corrected chi connectivity index (χ0v) is 12.0. The first-order chi connectivity index (χ1) is 10.3. The van der Waals surface area contributed by atoms with E-state index < -0.39 is 0 Å². The molecule has 0 aromatic heterocycles. The summed E-state index contributed by atoms with van der Waals surface area (Å²) in [6, 6.07) is 13.8. The second-order valence-corrected chi connectivity index (χ2v) is 4.64. The van der Waals surface area contributed by atoms with Gasteiger partial charge in [0.2, 0.25) is 0 Å². The Balaban J connectivity index is 2.08. The van der Waals surface area contributed by atoms with E-state index in [2.05, 4.69) is 13.2 Å². The Hall–Kier alpha value is -2.55. The maximum atomic E-state index is 12.1. The lowest BCUT2D eigenvalue weighted by Gasteiger charge is -2.19. The van der Waals surface area contributed by atoms with E-state index in [4.69, 9.17) is 4.74 Å². The van der Waals surface area contributed by atoms with E-state index in [0.717, 1.165) is 16.5 Å². The van der Waals surface area contributed by atoms with Crippen LogP contribution in [0.4, 0.5) is 0 Å². The van der Waals surface area contributed by atoms with Gasteiger partial charge in [-0.1, -0.05) is 48.6 Å². The van der Waals surface area contributed by atoms with Crippen molar-refractivity contribution in [2.45, 2.75) is 0 Å². The predicted octanol–water partition coefficient (Wildman–Crippen LogP) is 3.42. The van der Waals surface area contributed by atoms with Gasteiger partial charge in [-0.05, 0) is 11.5 Å². The maximum absolute atomic E-state index is 12.1. The number of benzene rings is 2. The number of amides is 1. The number of fused-ring (bicyclic) bond motifs is 1. The largest absolute Gasteiger partial charge is 0.483 e. The van der Waals surface area contributed by atoms with Gasteiger partial charge in [-0.15, -0.1) is 13.2 Å². The van der Waals surface area contributed by atoms with Crippen molar-refractivity contribution in [2.24, 2.45) is 0 Å². The Morgan fingerprint density at radius 3 is 2.43 bits per heavy atom. The third kappa shape index (κ3) is 3.72. The molecule has 0 N–H and O–H groups in total. The first-order valence-electron chi connectivity index (χ1n) is 6.86. The number of hydrogen-bond donors (Lipinski definition) is 0. The Morgan fingerprint density at radius 1 is 1.05 bits per heavy atom. The quantitative estimate of drug-likeness (QED) is 0.728. The van der Waals surface area contributed by atoms with Crippen LogP contribution in [0, 0.1) is 0 Å². The summed E-state index contributed by atoms with van der Waals surface area (Å²) in [6.45, 7) is 8.30. The number of carbonyl (C=O) groups is 1. The van der Waals surface area contributed by atoms with Gasteiger partial charge in [0, 0.05) is 18.5 Å². The van der Waals surface area contributed by atoms with Crippen LogP contribution in [-0.2, 0) is 4.79 Å². The highest BCUT2D eigenvalue weighted by molar-refractivity contribution is 5.88. The minimum atomic E-state index is -0.0808. The number of ether oxygens (including phenoxy) is 1. The normalized spacial score (nSPS) is 10.1. The van der Waals surface area contributed by atoms with Crippen LogP contribution in [-0.4, -0.2) is 30.5 Å². The van der Waals surface area contributed by atoms with Crippen molar-refractivity contribution in [1.29, 1.82) is 0 Å². The molecule has 0 unspecified atom stereocenters. The molecule has 0 atom stereocenters.